The lowest BCUT2D eigenvalue weighted by atomic mass is 9.67. The van der Waals surface area contributed by atoms with Crippen molar-refractivity contribution in [3.63, 3.8) is 0 Å². The van der Waals surface area contributed by atoms with Crippen molar-refractivity contribution in [2.75, 3.05) is 0 Å². The smallest absolute Gasteiger partial charge is 0.177 e. The zero-order valence-electron chi connectivity index (χ0n) is 12.5. The number of hydrogen-bond acceptors (Lipinski definition) is 3. The van der Waals surface area contributed by atoms with Crippen LogP contribution >= 0.6 is 0 Å². The van der Waals surface area contributed by atoms with Crippen LogP contribution in [-0.4, -0.2) is 29.2 Å². The van der Waals surface area contributed by atoms with Gasteiger partial charge in [-0.25, -0.2) is 0 Å². The molecule has 0 bridgehead atoms. The van der Waals surface area contributed by atoms with E-state index in [1.807, 2.05) is 0 Å². The molecular weight excluding hydrogens is 252 g/mol. The molecule has 3 aliphatic carbocycles. The predicted octanol–water partition coefficient (Wildman–Crippen LogP) is 3.54. The molecule has 0 aromatic carbocycles. The quantitative estimate of drug-likeness (QED) is 0.737. The molecule has 2 spiro atoms. The maximum Gasteiger partial charge on any atom is 0.177 e. The fraction of sp³-hybridized carbons (Fsp3) is 1.00. The molecule has 1 heterocycles. The molecular formula is C17H28O3. The van der Waals surface area contributed by atoms with Gasteiger partial charge in [-0.05, 0) is 38.5 Å². The highest BCUT2D eigenvalue weighted by molar-refractivity contribution is 5.08. The van der Waals surface area contributed by atoms with Crippen molar-refractivity contribution in [1.29, 1.82) is 0 Å². The predicted molar refractivity (Wildman–Crippen MR) is 76.3 cm³/mol. The Balaban J connectivity index is 1.63. The summed E-state index contributed by atoms with van der Waals surface area (Å²) in [6, 6.07) is 0. The monoisotopic (exact) mass is 280 g/mol. The highest BCUT2D eigenvalue weighted by Gasteiger charge is 2.65. The Bertz CT molecular complexity index is 355. The molecule has 3 saturated carbocycles. The first kappa shape index (κ1) is 13.5. The van der Waals surface area contributed by atoms with Crippen LogP contribution in [0.5, 0.6) is 0 Å². The van der Waals surface area contributed by atoms with Crippen LogP contribution in [0.4, 0.5) is 0 Å². The number of rotatable bonds is 0. The molecule has 4 fully saturated rings. The maximum atomic E-state index is 10.7. The Kier molecular flexibility index (Phi) is 3.36. The van der Waals surface area contributed by atoms with E-state index in [4.69, 9.17) is 9.47 Å². The molecule has 1 aliphatic heterocycles. The van der Waals surface area contributed by atoms with Crippen molar-refractivity contribution in [2.45, 2.75) is 101 Å². The van der Waals surface area contributed by atoms with Crippen LogP contribution in [0.15, 0.2) is 0 Å². The summed E-state index contributed by atoms with van der Waals surface area (Å²) in [4.78, 5) is 0. The number of hydrogen-bond donors (Lipinski definition) is 1. The van der Waals surface area contributed by atoms with Crippen LogP contribution in [0.3, 0.4) is 0 Å². The van der Waals surface area contributed by atoms with Gasteiger partial charge in [-0.15, -0.1) is 0 Å². The van der Waals surface area contributed by atoms with Crippen LogP contribution in [0, 0.1) is 5.41 Å². The molecule has 3 nitrogen and oxygen atoms in total. The van der Waals surface area contributed by atoms with Crippen LogP contribution in [0.2, 0.25) is 0 Å². The summed E-state index contributed by atoms with van der Waals surface area (Å²) in [5.41, 5.74) is -0.0998. The van der Waals surface area contributed by atoms with Crippen molar-refractivity contribution < 1.29 is 14.6 Å². The molecule has 0 unspecified atom stereocenters. The van der Waals surface area contributed by atoms with E-state index in [0.717, 1.165) is 51.4 Å². The SMILES string of the molecule is O[C@@H]1CCCC[C@@]12CCCC21O[C@@H]2CCCCC[C@H]2O1. The number of fused-ring (bicyclic) bond motifs is 2. The molecule has 0 aromatic rings. The molecule has 0 aromatic heterocycles. The van der Waals surface area contributed by atoms with E-state index in [-0.39, 0.29) is 11.5 Å². The summed E-state index contributed by atoms with van der Waals surface area (Å²) in [6.07, 6.45) is 14.2. The van der Waals surface area contributed by atoms with Crippen molar-refractivity contribution >= 4 is 0 Å². The highest BCUT2D eigenvalue weighted by atomic mass is 16.8. The molecule has 4 rings (SSSR count). The summed E-state index contributed by atoms with van der Waals surface area (Å²) in [5, 5.41) is 10.7. The summed E-state index contributed by atoms with van der Waals surface area (Å²) in [5.74, 6) is -0.445. The molecule has 1 N–H and O–H groups in total. The summed E-state index contributed by atoms with van der Waals surface area (Å²) in [7, 11) is 0. The summed E-state index contributed by atoms with van der Waals surface area (Å²) < 4.78 is 13.2. The normalized spacial score (nSPS) is 47.5. The van der Waals surface area contributed by atoms with E-state index < -0.39 is 5.79 Å². The second kappa shape index (κ2) is 4.96. The van der Waals surface area contributed by atoms with Crippen LogP contribution in [-0.2, 0) is 9.47 Å². The van der Waals surface area contributed by atoms with Gasteiger partial charge in [0.05, 0.1) is 23.7 Å². The van der Waals surface area contributed by atoms with Gasteiger partial charge in [0.1, 0.15) is 0 Å². The summed E-state index contributed by atoms with van der Waals surface area (Å²) in [6.45, 7) is 0. The Morgan fingerprint density at radius 3 is 2.05 bits per heavy atom. The minimum Gasteiger partial charge on any atom is -0.392 e. The third-order valence-corrected chi connectivity index (χ3v) is 6.45. The van der Waals surface area contributed by atoms with Gasteiger partial charge in [0.15, 0.2) is 5.79 Å². The molecule has 20 heavy (non-hydrogen) atoms. The van der Waals surface area contributed by atoms with E-state index in [2.05, 4.69) is 0 Å². The van der Waals surface area contributed by atoms with Crippen molar-refractivity contribution in [1.82, 2.24) is 0 Å². The molecule has 1 saturated heterocycles. The Morgan fingerprint density at radius 2 is 1.35 bits per heavy atom. The van der Waals surface area contributed by atoms with Crippen molar-refractivity contribution in [3.8, 4) is 0 Å². The van der Waals surface area contributed by atoms with Gasteiger partial charge < -0.3 is 14.6 Å². The zero-order valence-corrected chi connectivity index (χ0v) is 12.5. The van der Waals surface area contributed by atoms with Crippen molar-refractivity contribution in [2.24, 2.45) is 5.41 Å². The second-order valence-electron chi connectivity index (χ2n) is 7.47. The molecule has 3 heteroatoms. The van der Waals surface area contributed by atoms with E-state index in [1.54, 1.807) is 0 Å². The Hall–Kier alpha value is -0.120. The van der Waals surface area contributed by atoms with Crippen LogP contribution in [0.1, 0.15) is 77.0 Å². The Labute approximate surface area is 122 Å². The molecule has 114 valence electrons. The van der Waals surface area contributed by atoms with Gasteiger partial charge >= 0.3 is 0 Å². The van der Waals surface area contributed by atoms with Crippen LogP contribution in [0.25, 0.3) is 0 Å². The first-order chi connectivity index (χ1) is 9.76. The number of ether oxygens (including phenoxy) is 2. The van der Waals surface area contributed by atoms with Gasteiger partial charge in [-0.1, -0.05) is 32.1 Å². The van der Waals surface area contributed by atoms with E-state index in [1.165, 1.54) is 25.7 Å². The third-order valence-electron chi connectivity index (χ3n) is 6.45. The highest BCUT2D eigenvalue weighted by Crippen LogP contribution is 2.61. The average molecular weight is 280 g/mol. The van der Waals surface area contributed by atoms with Gasteiger partial charge in [-0.2, -0.15) is 0 Å². The topological polar surface area (TPSA) is 38.7 Å². The maximum absolute atomic E-state index is 10.7. The molecule has 0 amide bonds. The lowest BCUT2D eigenvalue weighted by Crippen LogP contribution is -2.54. The van der Waals surface area contributed by atoms with E-state index >= 15 is 0 Å². The van der Waals surface area contributed by atoms with Gasteiger partial charge in [-0.3, -0.25) is 0 Å². The lowest BCUT2D eigenvalue weighted by molar-refractivity contribution is -0.270. The fourth-order valence-electron chi connectivity index (χ4n) is 5.41. The third kappa shape index (κ3) is 1.82. The van der Waals surface area contributed by atoms with Gasteiger partial charge in [0, 0.05) is 6.42 Å². The number of aliphatic hydroxyl groups is 1. The van der Waals surface area contributed by atoms with E-state index in [9.17, 15) is 5.11 Å². The largest absolute Gasteiger partial charge is 0.392 e. The average Bonchev–Trinajstić information content (AvgIpc) is 2.89. The first-order valence-electron chi connectivity index (χ1n) is 8.80. The van der Waals surface area contributed by atoms with E-state index in [0.29, 0.717) is 12.2 Å². The minimum atomic E-state index is -0.445. The van der Waals surface area contributed by atoms with Crippen molar-refractivity contribution in [3.05, 3.63) is 0 Å². The summed E-state index contributed by atoms with van der Waals surface area (Å²) >= 11 is 0. The molecule has 4 atom stereocenters. The van der Waals surface area contributed by atoms with Gasteiger partial charge in [0.2, 0.25) is 0 Å². The Morgan fingerprint density at radius 1 is 0.700 bits per heavy atom. The van der Waals surface area contributed by atoms with Gasteiger partial charge in [0.25, 0.3) is 0 Å². The lowest BCUT2D eigenvalue weighted by Gasteiger charge is -2.48. The first-order valence-corrected chi connectivity index (χ1v) is 8.80. The molecule has 0 radical (unpaired) electrons. The second-order valence-corrected chi connectivity index (χ2v) is 7.47. The minimum absolute atomic E-state index is 0.0998. The van der Waals surface area contributed by atoms with Crippen LogP contribution < -0.4 is 0 Å². The zero-order chi connectivity index (χ0) is 13.6. The fourth-order valence-corrected chi connectivity index (χ4v) is 5.41. The standard InChI is InChI=1S/C17H28O3/c18-15-9-4-5-10-16(15)11-6-12-17(16)19-13-7-2-1-3-8-14(13)20-17/h13-15,18H,1-12H2/t13-,14-,15-,16-/m1/s1. The number of aliphatic hydroxyl groups excluding tert-OH is 1. The molecule has 4 aliphatic rings.